The van der Waals surface area contributed by atoms with Gasteiger partial charge < -0.3 is 15.7 Å². The summed E-state index contributed by atoms with van der Waals surface area (Å²) in [6, 6.07) is 0. The Morgan fingerprint density at radius 2 is 2.06 bits per heavy atom. The van der Waals surface area contributed by atoms with E-state index in [0.29, 0.717) is 18.4 Å². The normalized spacial score (nSPS) is 22.1. The zero-order chi connectivity index (χ0) is 12.2. The van der Waals surface area contributed by atoms with Crippen molar-refractivity contribution in [1.29, 1.82) is 0 Å². The molecule has 1 saturated carbocycles. The van der Waals surface area contributed by atoms with Crippen LogP contribution in [0.3, 0.4) is 0 Å². The number of hydrogen-bond donors (Lipinski definition) is 2. The van der Waals surface area contributed by atoms with Crippen LogP contribution in [0.15, 0.2) is 0 Å². The summed E-state index contributed by atoms with van der Waals surface area (Å²) in [5.74, 6) is 1.14. The molecule has 1 aliphatic rings. The summed E-state index contributed by atoms with van der Waals surface area (Å²) in [5, 5.41) is 10.5. The first kappa shape index (κ1) is 13.9. The Balaban J connectivity index is 2.46. The average molecular weight is 228 g/mol. The monoisotopic (exact) mass is 228 g/mol. The van der Waals surface area contributed by atoms with Crippen molar-refractivity contribution in [3.8, 4) is 0 Å². The Bertz CT molecular complexity index is 206. The van der Waals surface area contributed by atoms with Crippen LogP contribution < -0.4 is 5.73 Å². The zero-order valence-corrected chi connectivity index (χ0v) is 11.1. The van der Waals surface area contributed by atoms with Gasteiger partial charge in [0.15, 0.2) is 0 Å². The Morgan fingerprint density at radius 3 is 2.44 bits per heavy atom. The first-order valence-electron chi connectivity index (χ1n) is 6.70. The Morgan fingerprint density at radius 1 is 1.44 bits per heavy atom. The van der Waals surface area contributed by atoms with Crippen LogP contribution in [0.25, 0.3) is 0 Å². The van der Waals surface area contributed by atoms with Crippen molar-refractivity contribution in [3.63, 3.8) is 0 Å². The van der Waals surface area contributed by atoms with Gasteiger partial charge in [0.25, 0.3) is 0 Å². The van der Waals surface area contributed by atoms with E-state index in [1.165, 1.54) is 6.42 Å². The van der Waals surface area contributed by atoms with E-state index in [-0.39, 0.29) is 0 Å². The second-order valence-corrected chi connectivity index (χ2v) is 5.42. The van der Waals surface area contributed by atoms with Gasteiger partial charge in [-0.2, -0.15) is 0 Å². The molecule has 0 aromatic heterocycles. The van der Waals surface area contributed by atoms with E-state index in [4.69, 9.17) is 5.73 Å². The second kappa shape index (κ2) is 5.99. The van der Waals surface area contributed by atoms with Gasteiger partial charge in [-0.1, -0.05) is 27.2 Å². The fraction of sp³-hybridized carbons (Fsp3) is 1.00. The predicted octanol–water partition coefficient (Wildman–Crippen LogP) is 1.45. The second-order valence-electron chi connectivity index (χ2n) is 5.42. The van der Waals surface area contributed by atoms with Crippen LogP contribution in [0.5, 0.6) is 0 Å². The molecule has 0 aromatic carbocycles. The number of rotatable bonds is 8. The first-order valence-corrected chi connectivity index (χ1v) is 6.70. The predicted molar refractivity (Wildman–Crippen MR) is 68.3 cm³/mol. The number of nitrogens with two attached hydrogens (primary N) is 1. The topological polar surface area (TPSA) is 49.5 Å². The summed E-state index contributed by atoms with van der Waals surface area (Å²) in [7, 11) is 0. The van der Waals surface area contributed by atoms with Gasteiger partial charge in [0.05, 0.1) is 5.60 Å². The van der Waals surface area contributed by atoms with Crippen LogP contribution in [0.1, 0.15) is 40.0 Å². The highest BCUT2D eigenvalue weighted by molar-refractivity contribution is 4.97. The highest BCUT2D eigenvalue weighted by Gasteiger charge is 2.43. The summed E-state index contributed by atoms with van der Waals surface area (Å²) in [6.45, 7) is 9.85. The summed E-state index contributed by atoms with van der Waals surface area (Å²) in [5.41, 5.74) is 5.10. The van der Waals surface area contributed by atoms with Gasteiger partial charge in [0.1, 0.15) is 0 Å². The van der Waals surface area contributed by atoms with E-state index in [9.17, 15) is 5.11 Å². The lowest BCUT2D eigenvalue weighted by molar-refractivity contribution is -0.0101. The minimum atomic E-state index is -0.635. The molecule has 0 spiro atoms. The van der Waals surface area contributed by atoms with Crippen LogP contribution in [0.2, 0.25) is 0 Å². The summed E-state index contributed by atoms with van der Waals surface area (Å²) in [6.07, 6.45) is 3.49. The van der Waals surface area contributed by atoms with E-state index >= 15 is 0 Å². The maximum atomic E-state index is 10.5. The van der Waals surface area contributed by atoms with Gasteiger partial charge in [-0.15, -0.1) is 0 Å². The minimum Gasteiger partial charge on any atom is -0.387 e. The molecule has 1 fully saturated rings. The third-order valence-electron chi connectivity index (χ3n) is 3.90. The summed E-state index contributed by atoms with van der Waals surface area (Å²) in [4.78, 5) is 2.35. The maximum Gasteiger partial charge on any atom is 0.0923 e. The third-order valence-corrected chi connectivity index (χ3v) is 3.90. The zero-order valence-electron chi connectivity index (χ0n) is 11.1. The number of likely N-dealkylation sites (N-methyl/N-ethyl adjacent to an activating group) is 1. The Kier molecular flexibility index (Phi) is 5.22. The van der Waals surface area contributed by atoms with Crippen molar-refractivity contribution in [2.45, 2.75) is 45.6 Å². The van der Waals surface area contributed by atoms with Gasteiger partial charge in [-0.3, -0.25) is 0 Å². The molecule has 2 unspecified atom stereocenters. The van der Waals surface area contributed by atoms with Gasteiger partial charge >= 0.3 is 0 Å². The number of hydrogen-bond acceptors (Lipinski definition) is 3. The quantitative estimate of drug-likeness (QED) is 0.661. The molecule has 2 atom stereocenters. The maximum absolute atomic E-state index is 10.5. The fourth-order valence-electron chi connectivity index (χ4n) is 2.24. The Hall–Kier alpha value is -0.120. The van der Waals surface area contributed by atoms with Crippen molar-refractivity contribution < 1.29 is 5.11 Å². The van der Waals surface area contributed by atoms with Crippen molar-refractivity contribution in [3.05, 3.63) is 0 Å². The molecule has 1 aliphatic carbocycles. The van der Waals surface area contributed by atoms with Crippen LogP contribution in [-0.4, -0.2) is 41.8 Å². The Labute approximate surface area is 100 Å². The molecule has 0 aliphatic heterocycles. The van der Waals surface area contributed by atoms with E-state index in [1.54, 1.807) is 0 Å². The van der Waals surface area contributed by atoms with Crippen LogP contribution in [0, 0.1) is 11.8 Å². The van der Waals surface area contributed by atoms with E-state index in [2.05, 4.69) is 25.7 Å². The smallest absolute Gasteiger partial charge is 0.0923 e. The van der Waals surface area contributed by atoms with Crippen LogP contribution >= 0.6 is 0 Å². The van der Waals surface area contributed by atoms with Crippen molar-refractivity contribution in [1.82, 2.24) is 4.90 Å². The lowest BCUT2D eigenvalue weighted by atomic mass is 9.96. The molecule has 3 heteroatoms. The van der Waals surface area contributed by atoms with E-state index in [1.807, 2.05) is 0 Å². The summed E-state index contributed by atoms with van der Waals surface area (Å²) < 4.78 is 0. The molecule has 96 valence electrons. The molecular weight excluding hydrogens is 200 g/mol. The van der Waals surface area contributed by atoms with Crippen molar-refractivity contribution in [2.75, 3.05) is 26.2 Å². The first-order chi connectivity index (χ1) is 7.55. The largest absolute Gasteiger partial charge is 0.387 e. The average Bonchev–Trinajstić information content (AvgIpc) is 3.11. The molecule has 0 radical (unpaired) electrons. The lowest BCUT2D eigenvalue weighted by Gasteiger charge is -2.34. The van der Waals surface area contributed by atoms with Crippen molar-refractivity contribution in [2.24, 2.45) is 17.6 Å². The SMILES string of the molecule is CCC(C)CN(CC)CC(O)(CN)C1CC1. The molecular formula is C13H28N2O. The molecule has 0 saturated heterocycles. The molecule has 0 aromatic rings. The molecule has 0 heterocycles. The van der Waals surface area contributed by atoms with Gasteiger partial charge in [0.2, 0.25) is 0 Å². The third kappa shape index (κ3) is 3.72. The van der Waals surface area contributed by atoms with Gasteiger partial charge in [-0.25, -0.2) is 0 Å². The molecule has 0 amide bonds. The van der Waals surface area contributed by atoms with Crippen LogP contribution in [-0.2, 0) is 0 Å². The highest BCUT2D eigenvalue weighted by Crippen LogP contribution is 2.39. The molecule has 16 heavy (non-hydrogen) atoms. The number of aliphatic hydroxyl groups is 1. The van der Waals surface area contributed by atoms with E-state index in [0.717, 1.165) is 32.5 Å². The minimum absolute atomic E-state index is 0.397. The van der Waals surface area contributed by atoms with Crippen molar-refractivity contribution >= 4 is 0 Å². The van der Waals surface area contributed by atoms with Gasteiger partial charge in [0, 0.05) is 19.6 Å². The molecule has 0 bridgehead atoms. The number of nitrogens with zero attached hydrogens (tertiary/aromatic N) is 1. The molecule has 3 N–H and O–H groups in total. The molecule has 1 rings (SSSR count). The fourth-order valence-corrected chi connectivity index (χ4v) is 2.24. The van der Waals surface area contributed by atoms with Gasteiger partial charge in [-0.05, 0) is 31.2 Å². The van der Waals surface area contributed by atoms with E-state index < -0.39 is 5.60 Å². The molecule has 3 nitrogen and oxygen atoms in total. The standard InChI is InChI=1S/C13H28N2O/c1-4-11(3)8-15(5-2)10-13(16,9-14)12-6-7-12/h11-12,16H,4-10,14H2,1-3H3. The van der Waals surface area contributed by atoms with Crippen LogP contribution in [0.4, 0.5) is 0 Å². The summed E-state index contributed by atoms with van der Waals surface area (Å²) >= 11 is 0. The highest BCUT2D eigenvalue weighted by atomic mass is 16.3. The lowest BCUT2D eigenvalue weighted by Crippen LogP contribution is -2.50.